The summed E-state index contributed by atoms with van der Waals surface area (Å²) in [5, 5.41) is 9.87. The Balaban J connectivity index is 1.40. The Kier molecular flexibility index (Phi) is 7.44. The van der Waals surface area contributed by atoms with Gasteiger partial charge in [0.2, 0.25) is 0 Å². The van der Waals surface area contributed by atoms with E-state index in [4.69, 9.17) is 4.74 Å². The van der Waals surface area contributed by atoms with Crippen LogP contribution in [0.2, 0.25) is 0 Å². The number of aryl methyl sites for hydroxylation is 1. The van der Waals surface area contributed by atoms with Gasteiger partial charge in [0.1, 0.15) is 12.4 Å². The van der Waals surface area contributed by atoms with Gasteiger partial charge in [0, 0.05) is 31.9 Å². The third-order valence-electron chi connectivity index (χ3n) is 4.20. The summed E-state index contributed by atoms with van der Waals surface area (Å²) in [5.74, 6) is 1.66. The summed E-state index contributed by atoms with van der Waals surface area (Å²) in [4.78, 5) is 8.75. The average Bonchev–Trinajstić information content (AvgIpc) is 3.15. The number of rotatable bonds is 8. The van der Waals surface area contributed by atoms with Gasteiger partial charge in [-0.05, 0) is 30.2 Å². The average molecular weight is 395 g/mol. The Morgan fingerprint density at radius 3 is 2.50 bits per heavy atom. The van der Waals surface area contributed by atoms with Gasteiger partial charge in [-0.25, -0.2) is 4.98 Å². The van der Waals surface area contributed by atoms with Crippen LogP contribution in [0.3, 0.4) is 0 Å². The van der Waals surface area contributed by atoms with E-state index in [1.54, 1.807) is 18.4 Å². The summed E-state index contributed by atoms with van der Waals surface area (Å²) in [5.41, 5.74) is 3.46. The molecule has 28 heavy (non-hydrogen) atoms. The van der Waals surface area contributed by atoms with Crippen molar-refractivity contribution in [1.82, 2.24) is 15.6 Å². The van der Waals surface area contributed by atoms with Gasteiger partial charge in [-0.3, -0.25) is 4.99 Å². The molecule has 1 aromatic heterocycles. The molecule has 1 heterocycles. The molecule has 0 atom stereocenters. The van der Waals surface area contributed by atoms with Crippen LogP contribution >= 0.6 is 11.3 Å². The molecule has 0 aliphatic rings. The van der Waals surface area contributed by atoms with Crippen molar-refractivity contribution in [3.63, 3.8) is 0 Å². The number of hydrogen-bond acceptors (Lipinski definition) is 4. The summed E-state index contributed by atoms with van der Waals surface area (Å²) >= 11 is 1.68. The van der Waals surface area contributed by atoms with Gasteiger partial charge in [0.05, 0.1) is 10.7 Å². The van der Waals surface area contributed by atoms with Crippen molar-refractivity contribution >= 4 is 17.3 Å². The molecule has 3 aromatic rings. The van der Waals surface area contributed by atoms with Gasteiger partial charge in [-0.15, -0.1) is 11.3 Å². The van der Waals surface area contributed by atoms with E-state index in [9.17, 15) is 0 Å². The summed E-state index contributed by atoms with van der Waals surface area (Å²) in [6.07, 6.45) is 0.887. The maximum atomic E-state index is 5.83. The number of ether oxygens (including phenoxy) is 1. The van der Waals surface area contributed by atoms with Crippen LogP contribution in [-0.4, -0.2) is 24.5 Å². The van der Waals surface area contributed by atoms with Crippen LogP contribution in [-0.2, 0) is 19.6 Å². The Morgan fingerprint density at radius 1 is 1.04 bits per heavy atom. The number of aromatic nitrogens is 1. The summed E-state index contributed by atoms with van der Waals surface area (Å²) in [7, 11) is 1.78. The van der Waals surface area contributed by atoms with Crippen LogP contribution in [0, 0.1) is 6.92 Å². The van der Waals surface area contributed by atoms with Crippen molar-refractivity contribution in [3.05, 3.63) is 81.8 Å². The second-order valence-corrected chi connectivity index (χ2v) is 7.44. The molecule has 0 aliphatic carbocycles. The molecule has 0 fully saturated rings. The first-order valence-electron chi connectivity index (χ1n) is 9.34. The molecule has 0 saturated carbocycles. The van der Waals surface area contributed by atoms with Gasteiger partial charge in [-0.2, -0.15) is 0 Å². The molecule has 146 valence electrons. The fourth-order valence-electron chi connectivity index (χ4n) is 2.68. The maximum Gasteiger partial charge on any atom is 0.191 e. The van der Waals surface area contributed by atoms with E-state index in [1.807, 2.05) is 37.3 Å². The van der Waals surface area contributed by atoms with Crippen LogP contribution in [0.1, 0.15) is 21.8 Å². The third kappa shape index (κ3) is 6.39. The van der Waals surface area contributed by atoms with Crippen LogP contribution in [0.15, 0.2) is 65.0 Å². The second kappa shape index (κ2) is 10.5. The number of guanidine groups is 1. The van der Waals surface area contributed by atoms with Crippen molar-refractivity contribution < 1.29 is 4.74 Å². The first-order chi connectivity index (χ1) is 13.7. The van der Waals surface area contributed by atoms with E-state index in [2.05, 4.69) is 50.3 Å². The van der Waals surface area contributed by atoms with Crippen molar-refractivity contribution in [2.24, 2.45) is 4.99 Å². The maximum absolute atomic E-state index is 5.83. The zero-order chi connectivity index (χ0) is 19.6. The Bertz CT molecular complexity index is 875. The molecule has 0 unspecified atom stereocenters. The molecule has 5 nitrogen and oxygen atoms in total. The van der Waals surface area contributed by atoms with Crippen LogP contribution in [0.25, 0.3) is 0 Å². The topological polar surface area (TPSA) is 58.5 Å². The molecule has 0 spiro atoms. The molecule has 0 radical (unpaired) electrons. The molecule has 2 aromatic carbocycles. The molecular weight excluding hydrogens is 368 g/mol. The minimum Gasteiger partial charge on any atom is -0.489 e. The fourth-order valence-corrected chi connectivity index (χ4v) is 3.33. The summed E-state index contributed by atoms with van der Waals surface area (Å²) in [6, 6.07) is 18.3. The zero-order valence-electron chi connectivity index (χ0n) is 16.3. The lowest BCUT2D eigenvalue weighted by atomic mass is 10.2. The zero-order valence-corrected chi connectivity index (χ0v) is 17.1. The molecule has 2 N–H and O–H groups in total. The molecule has 0 bridgehead atoms. The Morgan fingerprint density at radius 2 is 1.82 bits per heavy atom. The van der Waals surface area contributed by atoms with Crippen molar-refractivity contribution in [2.45, 2.75) is 26.5 Å². The number of hydrogen-bond donors (Lipinski definition) is 2. The van der Waals surface area contributed by atoms with E-state index >= 15 is 0 Å². The van der Waals surface area contributed by atoms with E-state index < -0.39 is 0 Å². The smallest absolute Gasteiger partial charge is 0.191 e. The Hall–Kier alpha value is -2.86. The van der Waals surface area contributed by atoms with Gasteiger partial charge >= 0.3 is 0 Å². The highest BCUT2D eigenvalue weighted by Crippen LogP contribution is 2.14. The molecule has 0 saturated heterocycles. The second-order valence-electron chi connectivity index (χ2n) is 6.38. The SMILES string of the molecule is CN=C(NCCc1csc(C)n1)NCc1ccc(OCc2ccccc2)cc1. The van der Waals surface area contributed by atoms with Crippen molar-refractivity contribution in [2.75, 3.05) is 13.6 Å². The van der Waals surface area contributed by atoms with Crippen molar-refractivity contribution in [1.29, 1.82) is 0 Å². The highest BCUT2D eigenvalue weighted by molar-refractivity contribution is 7.09. The standard InChI is InChI=1S/C22H26N4OS/c1-17-26-20(16-28-17)12-13-24-22(23-2)25-14-18-8-10-21(11-9-18)27-15-19-6-4-3-5-7-19/h3-11,16H,12-15H2,1-2H3,(H2,23,24,25). The first kappa shape index (κ1) is 19.9. The number of nitrogens with zero attached hydrogens (tertiary/aromatic N) is 2. The van der Waals surface area contributed by atoms with Gasteiger partial charge < -0.3 is 15.4 Å². The predicted molar refractivity (Wildman–Crippen MR) is 116 cm³/mol. The van der Waals surface area contributed by atoms with E-state index in [-0.39, 0.29) is 0 Å². The first-order valence-corrected chi connectivity index (χ1v) is 10.2. The molecule has 3 rings (SSSR count). The summed E-state index contributed by atoms with van der Waals surface area (Å²) in [6.45, 7) is 4.11. The van der Waals surface area contributed by atoms with Crippen LogP contribution in [0.4, 0.5) is 0 Å². The van der Waals surface area contributed by atoms with Crippen LogP contribution in [0.5, 0.6) is 5.75 Å². The Labute approximate surface area is 170 Å². The van der Waals surface area contributed by atoms with Gasteiger partial charge in [0.15, 0.2) is 5.96 Å². The molecule has 0 aliphatic heterocycles. The normalized spacial score (nSPS) is 11.3. The monoisotopic (exact) mass is 394 g/mol. The molecular formula is C22H26N4OS. The van der Waals surface area contributed by atoms with Gasteiger partial charge in [-0.1, -0.05) is 42.5 Å². The van der Waals surface area contributed by atoms with Crippen molar-refractivity contribution in [3.8, 4) is 5.75 Å². The number of aliphatic imine (C=N–C) groups is 1. The number of thiazole rings is 1. The van der Waals surface area contributed by atoms with Crippen LogP contribution < -0.4 is 15.4 Å². The lowest BCUT2D eigenvalue weighted by Crippen LogP contribution is -2.37. The number of benzene rings is 2. The lowest BCUT2D eigenvalue weighted by molar-refractivity contribution is 0.306. The molecule has 0 amide bonds. The van der Waals surface area contributed by atoms with E-state index in [0.717, 1.165) is 40.9 Å². The highest BCUT2D eigenvalue weighted by Gasteiger charge is 2.02. The highest BCUT2D eigenvalue weighted by atomic mass is 32.1. The fraction of sp³-hybridized carbons (Fsp3) is 0.273. The lowest BCUT2D eigenvalue weighted by Gasteiger charge is -2.12. The number of nitrogens with one attached hydrogen (secondary N) is 2. The third-order valence-corrected chi connectivity index (χ3v) is 5.02. The van der Waals surface area contributed by atoms with Gasteiger partial charge in [0.25, 0.3) is 0 Å². The largest absolute Gasteiger partial charge is 0.489 e. The quantitative estimate of drug-likeness (QED) is 0.449. The van der Waals surface area contributed by atoms with E-state index in [1.165, 1.54) is 5.56 Å². The minimum absolute atomic E-state index is 0.577. The predicted octanol–water partition coefficient (Wildman–Crippen LogP) is 3.94. The molecule has 6 heteroatoms. The summed E-state index contributed by atoms with van der Waals surface area (Å²) < 4.78 is 5.83. The van der Waals surface area contributed by atoms with E-state index in [0.29, 0.717) is 13.2 Å². The minimum atomic E-state index is 0.577.